The number of aromatic hydroxyl groups is 1. The van der Waals surface area contributed by atoms with Crippen molar-refractivity contribution < 1.29 is 20.1 Å². The Kier molecular flexibility index (Phi) is 2.97. The van der Waals surface area contributed by atoms with E-state index in [9.17, 15) is 15.0 Å². The first-order valence-electron chi connectivity index (χ1n) is 5.20. The van der Waals surface area contributed by atoms with Crippen LogP contribution in [0, 0.1) is 0 Å². The highest BCUT2D eigenvalue weighted by Gasteiger charge is 2.15. The van der Waals surface area contributed by atoms with Crippen LogP contribution in [0.1, 0.15) is 5.56 Å². The van der Waals surface area contributed by atoms with Crippen LogP contribution in [0.2, 0.25) is 0 Å². The van der Waals surface area contributed by atoms with E-state index in [1.807, 2.05) is 0 Å². The van der Waals surface area contributed by atoms with Gasteiger partial charge in [0.15, 0.2) is 6.10 Å². The molecule has 4 nitrogen and oxygen atoms in total. The van der Waals surface area contributed by atoms with Gasteiger partial charge in [0.2, 0.25) is 0 Å². The Morgan fingerprint density at radius 2 is 1.76 bits per heavy atom. The predicted octanol–water partition coefficient (Wildman–Crippen LogP) is 1.53. The van der Waals surface area contributed by atoms with Gasteiger partial charge >= 0.3 is 5.97 Å². The molecule has 0 radical (unpaired) electrons. The number of aliphatic hydroxyl groups excluding tert-OH is 1. The number of aliphatic hydroxyl groups is 1. The number of hydrogen-bond donors (Lipinski definition) is 3. The maximum Gasteiger partial charge on any atom is 0.332 e. The van der Waals surface area contributed by atoms with Crippen LogP contribution in [-0.2, 0) is 11.2 Å². The molecule has 17 heavy (non-hydrogen) atoms. The van der Waals surface area contributed by atoms with Gasteiger partial charge in [-0.3, -0.25) is 0 Å². The van der Waals surface area contributed by atoms with Crippen LogP contribution in [0.4, 0.5) is 0 Å². The summed E-state index contributed by atoms with van der Waals surface area (Å²) >= 11 is 0. The van der Waals surface area contributed by atoms with E-state index in [-0.39, 0.29) is 12.2 Å². The first-order valence-corrected chi connectivity index (χ1v) is 5.20. The second kappa shape index (κ2) is 4.43. The van der Waals surface area contributed by atoms with E-state index in [0.717, 1.165) is 5.39 Å². The van der Waals surface area contributed by atoms with E-state index in [2.05, 4.69) is 0 Å². The molecule has 0 aliphatic carbocycles. The van der Waals surface area contributed by atoms with Crippen LogP contribution in [0.3, 0.4) is 0 Å². The zero-order chi connectivity index (χ0) is 12.4. The minimum absolute atomic E-state index is 0.0239. The maximum atomic E-state index is 10.6. The quantitative estimate of drug-likeness (QED) is 0.750. The van der Waals surface area contributed by atoms with E-state index >= 15 is 0 Å². The highest BCUT2D eigenvalue weighted by Crippen LogP contribution is 2.28. The van der Waals surface area contributed by atoms with Gasteiger partial charge in [0, 0.05) is 11.8 Å². The largest absolute Gasteiger partial charge is 0.507 e. The Bertz CT molecular complexity index is 562. The fraction of sp³-hybridized carbons (Fsp3) is 0.154. The highest BCUT2D eigenvalue weighted by atomic mass is 16.4. The van der Waals surface area contributed by atoms with Crippen molar-refractivity contribution in [1.29, 1.82) is 0 Å². The molecule has 88 valence electrons. The number of carboxylic acids is 1. The number of aliphatic carboxylic acids is 1. The van der Waals surface area contributed by atoms with Gasteiger partial charge in [-0.05, 0) is 17.0 Å². The van der Waals surface area contributed by atoms with Crippen molar-refractivity contribution >= 4 is 16.7 Å². The molecule has 0 amide bonds. The van der Waals surface area contributed by atoms with Crippen molar-refractivity contribution in [2.75, 3.05) is 0 Å². The van der Waals surface area contributed by atoms with Crippen molar-refractivity contribution in [2.45, 2.75) is 12.5 Å². The summed E-state index contributed by atoms with van der Waals surface area (Å²) in [6.07, 6.45) is -1.40. The summed E-state index contributed by atoms with van der Waals surface area (Å²) in [6.45, 7) is 0. The van der Waals surface area contributed by atoms with Gasteiger partial charge < -0.3 is 15.3 Å². The number of phenols is 1. The van der Waals surface area contributed by atoms with Crippen LogP contribution in [-0.4, -0.2) is 27.4 Å². The van der Waals surface area contributed by atoms with E-state index < -0.39 is 12.1 Å². The lowest BCUT2D eigenvalue weighted by molar-refractivity contribution is -0.146. The fourth-order valence-corrected chi connectivity index (χ4v) is 1.82. The number of phenolic OH excluding ortho intramolecular Hbond substituents is 1. The summed E-state index contributed by atoms with van der Waals surface area (Å²) in [4.78, 5) is 10.6. The molecular formula is C13H12O4. The third kappa shape index (κ3) is 2.21. The van der Waals surface area contributed by atoms with Crippen LogP contribution < -0.4 is 0 Å². The van der Waals surface area contributed by atoms with Crippen molar-refractivity contribution in [3.8, 4) is 5.75 Å². The fourth-order valence-electron chi connectivity index (χ4n) is 1.82. The van der Waals surface area contributed by atoms with Crippen LogP contribution >= 0.6 is 0 Å². The minimum atomic E-state index is -1.43. The third-order valence-corrected chi connectivity index (χ3v) is 2.69. The molecule has 0 spiro atoms. The van der Waals surface area contributed by atoms with Crippen molar-refractivity contribution in [3.63, 3.8) is 0 Å². The highest BCUT2D eigenvalue weighted by molar-refractivity contribution is 5.91. The summed E-state index contributed by atoms with van der Waals surface area (Å²) in [5, 5.41) is 29.1. The lowest BCUT2D eigenvalue weighted by Crippen LogP contribution is -2.22. The number of rotatable bonds is 3. The molecule has 1 unspecified atom stereocenters. The molecule has 0 aliphatic heterocycles. The van der Waals surface area contributed by atoms with Crippen LogP contribution in [0.15, 0.2) is 36.4 Å². The van der Waals surface area contributed by atoms with Gasteiger partial charge in [-0.1, -0.05) is 30.3 Å². The van der Waals surface area contributed by atoms with E-state index in [0.29, 0.717) is 10.9 Å². The average molecular weight is 232 g/mol. The molecule has 0 heterocycles. The summed E-state index contributed by atoms with van der Waals surface area (Å²) in [7, 11) is 0. The number of fused-ring (bicyclic) bond motifs is 1. The van der Waals surface area contributed by atoms with E-state index in [1.165, 1.54) is 6.07 Å². The zero-order valence-electron chi connectivity index (χ0n) is 9.00. The molecule has 2 aromatic carbocycles. The van der Waals surface area contributed by atoms with Gasteiger partial charge in [0.25, 0.3) is 0 Å². The molecule has 0 saturated heterocycles. The molecule has 0 aromatic heterocycles. The Hall–Kier alpha value is -2.07. The van der Waals surface area contributed by atoms with Crippen molar-refractivity contribution in [3.05, 3.63) is 42.0 Å². The topological polar surface area (TPSA) is 77.8 Å². The van der Waals surface area contributed by atoms with Gasteiger partial charge in [0.05, 0.1) is 0 Å². The Balaban J connectivity index is 2.48. The molecule has 4 heteroatoms. The van der Waals surface area contributed by atoms with Crippen LogP contribution in [0.5, 0.6) is 5.75 Å². The zero-order valence-corrected chi connectivity index (χ0v) is 9.00. The van der Waals surface area contributed by atoms with E-state index in [1.54, 1.807) is 30.3 Å². The normalized spacial score (nSPS) is 12.5. The maximum absolute atomic E-state index is 10.6. The van der Waals surface area contributed by atoms with Gasteiger partial charge in [-0.2, -0.15) is 0 Å². The summed E-state index contributed by atoms with van der Waals surface area (Å²) < 4.78 is 0. The predicted molar refractivity (Wildman–Crippen MR) is 63.0 cm³/mol. The van der Waals surface area contributed by atoms with Gasteiger partial charge in [-0.15, -0.1) is 0 Å². The minimum Gasteiger partial charge on any atom is -0.507 e. The summed E-state index contributed by atoms with van der Waals surface area (Å²) in [6, 6.07) is 10.3. The van der Waals surface area contributed by atoms with Crippen LogP contribution in [0.25, 0.3) is 10.8 Å². The van der Waals surface area contributed by atoms with Crippen molar-refractivity contribution in [2.24, 2.45) is 0 Å². The van der Waals surface area contributed by atoms with Gasteiger partial charge in [-0.25, -0.2) is 4.79 Å². The molecule has 0 fully saturated rings. The molecule has 0 bridgehead atoms. The third-order valence-electron chi connectivity index (χ3n) is 2.69. The number of carboxylic acid groups (broad SMARTS) is 1. The van der Waals surface area contributed by atoms with Gasteiger partial charge in [0.1, 0.15) is 5.75 Å². The molecule has 3 N–H and O–H groups in total. The summed E-state index contributed by atoms with van der Waals surface area (Å²) in [5.41, 5.74) is 0.702. The second-order valence-electron chi connectivity index (χ2n) is 3.85. The Labute approximate surface area is 97.8 Å². The lowest BCUT2D eigenvalue weighted by atomic mass is 9.99. The molecule has 0 aliphatic rings. The monoisotopic (exact) mass is 232 g/mol. The SMILES string of the molecule is O=C(O)C(O)Cc1ccc(O)c2ccccc12. The second-order valence-corrected chi connectivity index (χ2v) is 3.85. The molecule has 1 atom stereocenters. The standard InChI is InChI=1S/C13H12O4/c14-11-6-5-8(7-12(15)13(16)17)9-3-1-2-4-10(9)11/h1-6,12,14-15H,7H2,(H,16,17). The first-order chi connectivity index (χ1) is 8.09. The number of hydrogen-bond acceptors (Lipinski definition) is 3. The van der Waals surface area contributed by atoms with E-state index in [4.69, 9.17) is 5.11 Å². The molecule has 2 aromatic rings. The Morgan fingerprint density at radius 3 is 2.41 bits per heavy atom. The molecular weight excluding hydrogens is 220 g/mol. The smallest absolute Gasteiger partial charge is 0.332 e. The number of carbonyl (C=O) groups is 1. The average Bonchev–Trinajstić information content (AvgIpc) is 2.33. The molecule has 0 saturated carbocycles. The van der Waals surface area contributed by atoms with Crippen molar-refractivity contribution in [1.82, 2.24) is 0 Å². The lowest BCUT2D eigenvalue weighted by Gasteiger charge is -2.10. The first kappa shape index (κ1) is 11.4. The Morgan fingerprint density at radius 1 is 1.12 bits per heavy atom. The molecule has 2 rings (SSSR count). The number of benzene rings is 2. The summed E-state index contributed by atoms with van der Waals surface area (Å²) in [5.74, 6) is -1.10.